The Hall–Kier alpha value is -0.443. The zero-order valence-corrected chi connectivity index (χ0v) is 5.31. The predicted octanol–water partition coefficient (Wildman–Crippen LogP) is 0.667. The lowest BCUT2D eigenvalue weighted by molar-refractivity contribution is 0.316. The molecule has 0 aliphatic rings. The van der Waals surface area contributed by atoms with E-state index in [9.17, 15) is 4.46 Å². The van der Waals surface area contributed by atoms with Crippen LogP contribution in [0.5, 0.6) is 0 Å². The molecule has 0 saturated heterocycles. The van der Waals surface area contributed by atoms with Crippen LogP contribution in [0.25, 0.3) is 0 Å². The summed E-state index contributed by atoms with van der Waals surface area (Å²) in [6, 6.07) is 0. The van der Waals surface area contributed by atoms with E-state index in [0.29, 0.717) is 6.61 Å². The minimum atomic E-state index is -1.87. The second kappa shape index (κ2) is 3.74. The van der Waals surface area contributed by atoms with Crippen molar-refractivity contribution in [1.29, 1.82) is 0 Å². The van der Waals surface area contributed by atoms with Gasteiger partial charge in [0.25, 0.3) is 0 Å². The summed E-state index contributed by atoms with van der Waals surface area (Å²) < 4.78 is 14.9. The van der Waals surface area contributed by atoms with Crippen molar-refractivity contribution in [2.75, 3.05) is 6.61 Å². The number of hydrogen-bond donors (Lipinski definition) is 0. The molecule has 0 aromatic heterocycles. The van der Waals surface area contributed by atoms with E-state index in [-0.39, 0.29) is 0 Å². The van der Waals surface area contributed by atoms with E-state index >= 15 is 0 Å². The Morgan fingerprint density at radius 3 is 2.71 bits per heavy atom. The van der Waals surface area contributed by atoms with Crippen LogP contribution in [0, 0.1) is 0 Å². The molecular formula is C4H8O2Si. The molecule has 0 aromatic rings. The highest BCUT2D eigenvalue weighted by molar-refractivity contribution is 6.41. The van der Waals surface area contributed by atoms with Crippen molar-refractivity contribution in [2.45, 2.75) is 6.92 Å². The molecule has 40 valence electrons. The highest BCUT2D eigenvalue weighted by Crippen LogP contribution is 1.71. The fourth-order valence-corrected chi connectivity index (χ4v) is 0.604. The molecule has 0 N–H and O–H groups in total. The third-order valence-electron chi connectivity index (χ3n) is 0.453. The van der Waals surface area contributed by atoms with Crippen molar-refractivity contribution in [2.24, 2.45) is 0 Å². The largest absolute Gasteiger partial charge is 0.531 e. The minimum absolute atomic E-state index is 0.504. The fraction of sp³-hybridized carbons (Fsp3) is 0.500. The zero-order chi connectivity index (χ0) is 5.70. The SMILES string of the molecule is C=C[Si](=O)OCC. The van der Waals surface area contributed by atoms with E-state index in [0.717, 1.165) is 0 Å². The standard InChI is InChI=1S/C4H8O2Si/c1-3-6-7(5)4-2/h4H,2-3H2,1H3. The average molecular weight is 116 g/mol. The van der Waals surface area contributed by atoms with Crippen LogP contribution in [0.15, 0.2) is 12.3 Å². The van der Waals surface area contributed by atoms with Gasteiger partial charge in [0.05, 0.1) is 6.61 Å². The topological polar surface area (TPSA) is 26.3 Å². The first kappa shape index (κ1) is 6.56. The van der Waals surface area contributed by atoms with Gasteiger partial charge in [-0.1, -0.05) is 6.58 Å². The van der Waals surface area contributed by atoms with Crippen LogP contribution >= 0.6 is 0 Å². The van der Waals surface area contributed by atoms with Crippen molar-refractivity contribution < 1.29 is 8.89 Å². The van der Waals surface area contributed by atoms with Gasteiger partial charge in [0.2, 0.25) is 0 Å². The quantitative estimate of drug-likeness (QED) is 0.506. The predicted molar refractivity (Wildman–Crippen MR) is 28.3 cm³/mol. The van der Waals surface area contributed by atoms with Gasteiger partial charge in [-0.2, -0.15) is 0 Å². The maximum atomic E-state index is 10.3. The molecule has 0 unspecified atom stereocenters. The second-order valence-electron chi connectivity index (χ2n) is 0.956. The Kier molecular flexibility index (Phi) is 3.50. The lowest BCUT2D eigenvalue weighted by Gasteiger charge is -1.89. The minimum Gasteiger partial charge on any atom is -0.522 e. The van der Waals surface area contributed by atoms with Crippen LogP contribution in [0.2, 0.25) is 0 Å². The number of hydrogen-bond acceptors (Lipinski definition) is 2. The lowest BCUT2D eigenvalue weighted by atomic mass is 10.9. The van der Waals surface area contributed by atoms with Crippen molar-refractivity contribution in [1.82, 2.24) is 0 Å². The van der Waals surface area contributed by atoms with Crippen LogP contribution in [0.1, 0.15) is 6.92 Å². The van der Waals surface area contributed by atoms with E-state index in [1.165, 1.54) is 5.70 Å². The van der Waals surface area contributed by atoms with E-state index in [1.54, 1.807) is 6.92 Å². The average Bonchev–Trinajstić information content (AvgIpc) is 1.68. The molecular weight excluding hydrogens is 108 g/mol. The summed E-state index contributed by atoms with van der Waals surface area (Å²) in [7, 11) is -1.87. The van der Waals surface area contributed by atoms with Gasteiger partial charge in [0.1, 0.15) is 0 Å². The Labute approximate surface area is 44.6 Å². The van der Waals surface area contributed by atoms with Crippen molar-refractivity contribution in [3.63, 3.8) is 0 Å². The maximum absolute atomic E-state index is 10.3. The van der Waals surface area contributed by atoms with Crippen LogP contribution in [0.4, 0.5) is 0 Å². The van der Waals surface area contributed by atoms with Gasteiger partial charge in [-0.25, -0.2) is 0 Å². The first-order valence-corrected chi connectivity index (χ1v) is 3.49. The van der Waals surface area contributed by atoms with Crippen molar-refractivity contribution in [3.05, 3.63) is 12.3 Å². The Morgan fingerprint density at radius 1 is 2.00 bits per heavy atom. The molecule has 0 rings (SSSR count). The third-order valence-corrected chi connectivity index (χ3v) is 1.36. The Balaban J connectivity index is 3.17. The molecule has 0 heterocycles. The second-order valence-corrected chi connectivity index (χ2v) is 2.29. The summed E-state index contributed by atoms with van der Waals surface area (Å²) in [5.41, 5.74) is 1.33. The van der Waals surface area contributed by atoms with Gasteiger partial charge < -0.3 is 8.89 Å². The Morgan fingerprint density at radius 2 is 2.57 bits per heavy atom. The molecule has 0 spiro atoms. The van der Waals surface area contributed by atoms with Crippen molar-refractivity contribution >= 4 is 8.93 Å². The van der Waals surface area contributed by atoms with E-state index in [2.05, 4.69) is 11.0 Å². The van der Waals surface area contributed by atoms with E-state index < -0.39 is 8.93 Å². The molecule has 2 nitrogen and oxygen atoms in total. The third kappa shape index (κ3) is 3.39. The van der Waals surface area contributed by atoms with Crippen LogP contribution in [0.3, 0.4) is 0 Å². The van der Waals surface area contributed by atoms with Crippen molar-refractivity contribution in [3.8, 4) is 0 Å². The normalized spacial score (nSPS) is 7.57. The lowest BCUT2D eigenvalue weighted by Crippen LogP contribution is -2.00. The first-order chi connectivity index (χ1) is 3.31. The highest BCUT2D eigenvalue weighted by atomic mass is 28.3. The summed E-state index contributed by atoms with van der Waals surface area (Å²) in [5.74, 6) is 0. The number of rotatable bonds is 3. The zero-order valence-electron chi connectivity index (χ0n) is 4.31. The summed E-state index contributed by atoms with van der Waals surface area (Å²) in [6.07, 6.45) is 0. The molecule has 0 bridgehead atoms. The van der Waals surface area contributed by atoms with E-state index in [1.807, 2.05) is 0 Å². The van der Waals surface area contributed by atoms with Gasteiger partial charge >= 0.3 is 8.93 Å². The van der Waals surface area contributed by atoms with Gasteiger partial charge in [-0.3, -0.25) is 0 Å². The summed E-state index contributed by atoms with van der Waals surface area (Å²) >= 11 is 0. The molecule has 0 amide bonds. The molecule has 0 aliphatic carbocycles. The van der Waals surface area contributed by atoms with Crippen LogP contribution in [-0.2, 0) is 8.89 Å². The van der Waals surface area contributed by atoms with Gasteiger partial charge in [0.15, 0.2) is 0 Å². The summed E-state index contributed by atoms with van der Waals surface area (Å²) in [5, 5.41) is 0. The highest BCUT2D eigenvalue weighted by Gasteiger charge is 1.93. The van der Waals surface area contributed by atoms with Gasteiger partial charge in [0, 0.05) is 0 Å². The van der Waals surface area contributed by atoms with Gasteiger partial charge in [-0.15, -0.1) is 0 Å². The molecule has 0 radical (unpaired) electrons. The monoisotopic (exact) mass is 116 g/mol. The summed E-state index contributed by atoms with van der Waals surface area (Å²) in [4.78, 5) is 0. The summed E-state index contributed by atoms with van der Waals surface area (Å²) in [6.45, 7) is 5.59. The molecule has 0 fully saturated rings. The maximum Gasteiger partial charge on any atom is 0.531 e. The molecule has 7 heavy (non-hydrogen) atoms. The molecule has 3 heteroatoms. The van der Waals surface area contributed by atoms with E-state index in [4.69, 9.17) is 0 Å². The smallest absolute Gasteiger partial charge is 0.522 e. The van der Waals surface area contributed by atoms with Gasteiger partial charge in [-0.05, 0) is 12.6 Å². The Bertz CT molecular complexity index is 79.8. The molecule has 0 atom stereocenters. The fourth-order valence-electron chi connectivity index (χ4n) is 0.201. The molecule has 0 aromatic carbocycles. The molecule has 0 saturated carbocycles. The van der Waals surface area contributed by atoms with Crippen LogP contribution in [-0.4, -0.2) is 15.5 Å². The van der Waals surface area contributed by atoms with Crippen LogP contribution < -0.4 is 0 Å². The first-order valence-electron chi connectivity index (χ1n) is 2.10. The molecule has 0 aliphatic heterocycles.